The zero-order valence-corrected chi connectivity index (χ0v) is 25.1. The molecule has 42 heavy (non-hydrogen) atoms. The fraction of sp³-hybridized carbons (Fsp3) is 0.323. The molecule has 3 aromatic carbocycles. The zero-order chi connectivity index (χ0) is 30.6. The van der Waals surface area contributed by atoms with Crippen LogP contribution in [0.5, 0.6) is 0 Å². The van der Waals surface area contributed by atoms with E-state index in [0.717, 1.165) is 11.1 Å². The highest BCUT2D eigenvalue weighted by Crippen LogP contribution is 2.40. The SMILES string of the molecule is Cc1ccccc1CNC(=O)[C@H]1N(C(=O)[C@@H](O)[C@H](Cc2ccc(F)cc2)NC(=O)c2cccc(N)c2Cl)CSC1(C)C. The van der Waals surface area contributed by atoms with Crippen molar-refractivity contribution >= 4 is 46.8 Å². The Hall–Kier alpha value is -3.60. The predicted molar refractivity (Wildman–Crippen MR) is 163 cm³/mol. The first-order chi connectivity index (χ1) is 19.9. The zero-order valence-electron chi connectivity index (χ0n) is 23.6. The van der Waals surface area contributed by atoms with E-state index in [0.29, 0.717) is 5.56 Å². The van der Waals surface area contributed by atoms with Gasteiger partial charge >= 0.3 is 0 Å². The van der Waals surface area contributed by atoms with Crippen LogP contribution in [-0.2, 0) is 22.6 Å². The lowest BCUT2D eigenvalue weighted by molar-refractivity contribution is -0.147. The van der Waals surface area contributed by atoms with Crippen LogP contribution in [0.15, 0.2) is 66.7 Å². The van der Waals surface area contributed by atoms with Crippen LogP contribution >= 0.6 is 23.4 Å². The average molecular weight is 613 g/mol. The molecule has 0 bridgehead atoms. The summed E-state index contributed by atoms with van der Waals surface area (Å²) in [6.45, 7) is 5.98. The highest BCUT2D eigenvalue weighted by Gasteiger charge is 2.49. The molecule has 1 aliphatic heterocycles. The highest BCUT2D eigenvalue weighted by atomic mass is 35.5. The molecule has 1 saturated heterocycles. The first kappa shape index (κ1) is 31.3. The number of nitrogens with zero attached hydrogens (tertiary/aromatic N) is 1. The van der Waals surface area contributed by atoms with Crippen LogP contribution in [0.4, 0.5) is 10.1 Å². The average Bonchev–Trinajstić information content (AvgIpc) is 3.28. The number of aliphatic hydroxyl groups excluding tert-OH is 1. The van der Waals surface area contributed by atoms with E-state index in [1.54, 1.807) is 12.1 Å². The van der Waals surface area contributed by atoms with E-state index < -0.39 is 40.6 Å². The van der Waals surface area contributed by atoms with Crippen LogP contribution in [0.1, 0.15) is 40.9 Å². The van der Waals surface area contributed by atoms with Crippen LogP contribution in [0, 0.1) is 12.7 Å². The highest BCUT2D eigenvalue weighted by molar-refractivity contribution is 8.00. The number of amides is 3. The molecule has 5 N–H and O–H groups in total. The molecule has 3 aromatic rings. The molecule has 8 nitrogen and oxygen atoms in total. The molecule has 0 spiro atoms. The van der Waals surface area contributed by atoms with Crippen LogP contribution in [-0.4, -0.2) is 56.5 Å². The van der Waals surface area contributed by atoms with E-state index in [-0.39, 0.29) is 41.0 Å². The number of nitrogen functional groups attached to an aromatic ring is 1. The van der Waals surface area contributed by atoms with Gasteiger partial charge in [0, 0.05) is 11.3 Å². The van der Waals surface area contributed by atoms with Crippen LogP contribution < -0.4 is 16.4 Å². The third-order valence-electron chi connectivity index (χ3n) is 7.38. The molecular formula is C31H34ClFN4O4S. The van der Waals surface area contributed by atoms with Crippen LogP contribution in [0.3, 0.4) is 0 Å². The normalized spacial score (nSPS) is 17.4. The molecule has 0 aromatic heterocycles. The monoisotopic (exact) mass is 612 g/mol. The Morgan fingerprint density at radius 3 is 2.50 bits per heavy atom. The number of carbonyl (C=O) groups is 3. The van der Waals surface area contributed by atoms with Crippen molar-refractivity contribution in [2.24, 2.45) is 0 Å². The summed E-state index contributed by atoms with van der Waals surface area (Å²) in [6.07, 6.45) is -1.71. The molecule has 0 unspecified atom stereocenters. The second kappa shape index (κ2) is 13.1. The number of hydrogen-bond acceptors (Lipinski definition) is 6. The van der Waals surface area contributed by atoms with Crippen LogP contribution in [0.2, 0.25) is 5.02 Å². The third-order valence-corrected chi connectivity index (χ3v) is 9.18. The minimum atomic E-state index is -1.72. The number of anilines is 1. The largest absolute Gasteiger partial charge is 0.398 e. The first-order valence-electron chi connectivity index (χ1n) is 13.4. The second-order valence-corrected chi connectivity index (χ2v) is 12.8. The van der Waals surface area contributed by atoms with E-state index >= 15 is 0 Å². The summed E-state index contributed by atoms with van der Waals surface area (Å²) in [7, 11) is 0. The van der Waals surface area contributed by atoms with Crippen molar-refractivity contribution in [3.8, 4) is 0 Å². The van der Waals surface area contributed by atoms with Gasteiger partial charge in [0.1, 0.15) is 11.9 Å². The Bertz CT molecular complexity index is 1470. The maximum absolute atomic E-state index is 13.8. The predicted octanol–water partition coefficient (Wildman–Crippen LogP) is 4.07. The summed E-state index contributed by atoms with van der Waals surface area (Å²) in [5.74, 6) is -1.98. The Balaban J connectivity index is 1.57. The quantitative estimate of drug-likeness (QED) is 0.270. The van der Waals surface area contributed by atoms with Gasteiger partial charge in [0.05, 0.1) is 28.2 Å². The number of thioether (sulfide) groups is 1. The number of benzene rings is 3. The van der Waals surface area contributed by atoms with Crippen molar-refractivity contribution in [3.63, 3.8) is 0 Å². The van der Waals surface area contributed by atoms with Crippen molar-refractivity contribution in [1.29, 1.82) is 0 Å². The molecule has 4 rings (SSSR count). The van der Waals surface area contributed by atoms with Crippen molar-refractivity contribution in [2.75, 3.05) is 11.6 Å². The van der Waals surface area contributed by atoms with Crippen molar-refractivity contribution < 1.29 is 23.9 Å². The lowest BCUT2D eigenvalue weighted by Crippen LogP contribution is -2.58. The van der Waals surface area contributed by atoms with Crippen molar-refractivity contribution in [1.82, 2.24) is 15.5 Å². The lowest BCUT2D eigenvalue weighted by Gasteiger charge is -2.33. The third kappa shape index (κ3) is 7.06. The maximum Gasteiger partial charge on any atom is 0.254 e. The topological polar surface area (TPSA) is 125 Å². The molecule has 3 atom stereocenters. The second-order valence-electron chi connectivity index (χ2n) is 10.8. The Morgan fingerprint density at radius 1 is 1.12 bits per heavy atom. The summed E-state index contributed by atoms with van der Waals surface area (Å²) in [4.78, 5) is 41.9. The summed E-state index contributed by atoms with van der Waals surface area (Å²) in [5.41, 5.74) is 8.70. The van der Waals surface area contributed by atoms with Gasteiger partial charge < -0.3 is 26.4 Å². The number of carbonyl (C=O) groups excluding carboxylic acids is 3. The van der Waals surface area contributed by atoms with Crippen LogP contribution in [0.25, 0.3) is 0 Å². The molecule has 11 heteroatoms. The fourth-order valence-corrected chi connectivity index (χ4v) is 6.28. The van der Waals surface area contributed by atoms with Gasteiger partial charge in [-0.25, -0.2) is 4.39 Å². The van der Waals surface area contributed by atoms with Gasteiger partial charge in [0.2, 0.25) is 5.91 Å². The fourth-order valence-electron chi connectivity index (χ4n) is 4.93. The molecule has 0 aliphatic carbocycles. The Morgan fingerprint density at radius 2 is 1.81 bits per heavy atom. The first-order valence-corrected chi connectivity index (χ1v) is 14.8. The van der Waals surface area contributed by atoms with Gasteiger partial charge in [-0.2, -0.15) is 0 Å². The number of aliphatic hydroxyl groups is 1. The minimum Gasteiger partial charge on any atom is -0.398 e. The summed E-state index contributed by atoms with van der Waals surface area (Å²) in [6, 6.07) is 15.8. The summed E-state index contributed by atoms with van der Waals surface area (Å²) >= 11 is 7.67. The van der Waals surface area contributed by atoms with E-state index in [2.05, 4.69) is 10.6 Å². The molecular weight excluding hydrogens is 579 g/mol. The van der Waals surface area contributed by atoms with Gasteiger partial charge in [-0.1, -0.05) is 54.1 Å². The van der Waals surface area contributed by atoms with Gasteiger partial charge in [0.25, 0.3) is 11.8 Å². The number of nitrogens with two attached hydrogens (primary N) is 1. The van der Waals surface area contributed by atoms with Gasteiger partial charge in [0.15, 0.2) is 6.10 Å². The lowest BCUT2D eigenvalue weighted by atomic mass is 9.96. The van der Waals surface area contributed by atoms with E-state index in [1.165, 1.54) is 47.0 Å². The van der Waals surface area contributed by atoms with E-state index in [1.807, 2.05) is 45.0 Å². The van der Waals surface area contributed by atoms with Gasteiger partial charge in [-0.15, -0.1) is 11.8 Å². The molecule has 1 heterocycles. The van der Waals surface area contributed by atoms with Crippen molar-refractivity contribution in [3.05, 3.63) is 99.8 Å². The molecule has 3 amide bonds. The number of halogens is 2. The Kier molecular flexibility index (Phi) is 9.81. The standard InChI is InChI=1S/C31H34ClFN4O4S/c1-18-7-4-5-8-20(18)16-35-29(40)27-31(2,3)42-17-37(27)30(41)26(38)24(15-19-11-13-21(33)14-12-19)36-28(39)22-9-6-10-23(34)25(22)32/h4-14,24,26-27,38H,15-17,34H2,1-3H3,(H,35,40)(H,36,39)/t24-,26-,27+/m0/s1. The van der Waals surface area contributed by atoms with Gasteiger partial charge in [-0.3, -0.25) is 14.4 Å². The van der Waals surface area contributed by atoms with E-state index in [9.17, 15) is 23.9 Å². The van der Waals surface area contributed by atoms with E-state index in [4.69, 9.17) is 17.3 Å². The number of nitrogens with one attached hydrogen (secondary N) is 2. The minimum absolute atomic E-state index is 0.00733. The maximum atomic E-state index is 13.8. The molecule has 0 saturated carbocycles. The molecule has 0 radical (unpaired) electrons. The molecule has 222 valence electrons. The number of hydrogen-bond donors (Lipinski definition) is 4. The smallest absolute Gasteiger partial charge is 0.254 e. The summed E-state index contributed by atoms with van der Waals surface area (Å²) in [5, 5.41) is 17.1. The number of rotatable bonds is 9. The van der Waals surface area contributed by atoms with Gasteiger partial charge in [-0.05, 0) is 68.1 Å². The molecule has 1 fully saturated rings. The number of aryl methyl sites for hydroxylation is 1. The Labute approximate surface area is 253 Å². The summed E-state index contributed by atoms with van der Waals surface area (Å²) < 4.78 is 12.9. The molecule has 1 aliphatic rings. The van der Waals surface area contributed by atoms with Crippen molar-refractivity contribution in [2.45, 2.75) is 56.7 Å².